The highest BCUT2D eigenvalue weighted by Crippen LogP contribution is 2.19. The Hall–Kier alpha value is -2.33. The minimum atomic E-state index is -3.72. The number of aromatic nitrogens is 2. The molecule has 18 heavy (non-hydrogen) atoms. The van der Waals surface area contributed by atoms with Gasteiger partial charge in [-0.3, -0.25) is 9.82 Å². The molecule has 1 heterocycles. The van der Waals surface area contributed by atoms with E-state index in [1.165, 1.54) is 18.3 Å². The van der Waals surface area contributed by atoms with Gasteiger partial charge in [-0.15, -0.1) is 0 Å². The lowest BCUT2D eigenvalue weighted by Crippen LogP contribution is -2.14. The van der Waals surface area contributed by atoms with Crippen molar-refractivity contribution in [2.75, 3.05) is 4.72 Å². The molecule has 0 fully saturated rings. The third-order valence-corrected chi connectivity index (χ3v) is 3.86. The van der Waals surface area contributed by atoms with Crippen molar-refractivity contribution in [1.82, 2.24) is 10.2 Å². The molecular formula is C11H10N4O2S. The molecular weight excluding hydrogens is 252 g/mol. The lowest BCUT2D eigenvalue weighted by atomic mass is 10.2. The number of aryl methyl sites for hydroxylation is 1. The second-order valence-electron chi connectivity index (χ2n) is 3.67. The standard InChI is InChI=1S/C11H10N4O2S/c1-8-2-3-9(7-12)6-10(8)18(16,17)15-11-4-5-13-14-11/h2-6H,1H3,(H2,13,14,15). The summed E-state index contributed by atoms with van der Waals surface area (Å²) in [7, 11) is -3.72. The molecule has 2 rings (SSSR count). The number of benzene rings is 1. The molecule has 0 saturated carbocycles. The monoisotopic (exact) mass is 262 g/mol. The number of nitrogens with zero attached hydrogens (tertiary/aromatic N) is 2. The van der Waals surface area contributed by atoms with Crippen LogP contribution < -0.4 is 4.72 Å². The summed E-state index contributed by atoms with van der Waals surface area (Å²) < 4.78 is 26.6. The Labute approximate surface area is 104 Å². The van der Waals surface area contributed by atoms with Crippen LogP contribution in [0.15, 0.2) is 35.4 Å². The molecule has 0 bridgehead atoms. The van der Waals surface area contributed by atoms with Crippen LogP contribution >= 0.6 is 0 Å². The summed E-state index contributed by atoms with van der Waals surface area (Å²) in [6, 6.07) is 7.93. The van der Waals surface area contributed by atoms with Gasteiger partial charge in [0.25, 0.3) is 10.0 Å². The van der Waals surface area contributed by atoms with E-state index in [1.807, 2.05) is 6.07 Å². The Morgan fingerprint density at radius 3 is 2.78 bits per heavy atom. The van der Waals surface area contributed by atoms with Crippen molar-refractivity contribution >= 4 is 15.8 Å². The van der Waals surface area contributed by atoms with Gasteiger partial charge in [-0.25, -0.2) is 8.42 Å². The molecule has 0 atom stereocenters. The first kappa shape index (κ1) is 12.1. The van der Waals surface area contributed by atoms with Crippen LogP contribution in [0.3, 0.4) is 0 Å². The lowest BCUT2D eigenvalue weighted by molar-refractivity contribution is 0.600. The first-order valence-corrected chi connectivity index (χ1v) is 6.54. The van der Waals surface area contributed by atoms with Crippen molar-refractivity contribution in [2.45, 2.75) is 11.8 Å². The normalized spacial score (nSPS) is 10.9. The number of nitrogens with one attached hydrogen (secondary N) is 2. The number of rotatable bonds is 3. The average Bonchev–Trinajstić information content (AvgIpc) is 2.81. The molecule has 2 N–H and O–H groups in total. The predicted molar refractivity (Wildman–Crippen MR) is 65.3 cm³/mol. The van der Waals surface area contributed by atoms with Gasteiger partial charge in [-0.05, 0) is 24.6 Å². The van der Waals surface area contributed by atoms with Crippen LogP contribution in [0.2, 0.25) is 0 Å². The van der Waals surface area contributed by atoms with E-state index in [-0.39, 0.29) is 10.7 Å². The molecule has 1 aromatic heterocycles. The van der Waals surface area contributed by atoms with Gasteiger partial charge in [0.05, 0.1) is 22.7 Å². The maximum atomic E-state index is 12.1. The largest absolute Gasteiger partial charge is 0.264 e. The van der Waals surface area contributed by atoms with Crippen LogP contribution in [0, 0.1) is 18.3 Å². The number of sulfonamides is 1. The van der Waals surface area contributed by atoms with Crippen LogP contribution in [-0.2, 0) is 10.0 Å². The van der Waals surface area contributed by atoms with Crippen molar-refractivity contribution in [3.8, 4) is 6.07 Å². The summed E-state index contributed by atoms with van der Waals surface area (Å²) in [5.74, 6) is 0.275. The Bertz CT molecular complexity index is 699. The zero-order chi connectivity index (χ0) is 13.2. The van der Waals surface area contributed by atoms with Crippen molar-refractivity contribution in [2.24, 2.45) is 0 Å². The molecule has 0 radical (unpaired) electrons. The second kappa shape index (κ2) is 4.50. The van der Waals surface area contributed by atoms with Gasteiger partial charge in [0.2, 0.25) is 0 Å². The first-order valence-electron chi connectivity index (χ1n) is 5.06. The van der Waals surface area contributed by atoms with Gasteiger partial charge in [-0.1, -0.05) is 6.07 Å². The van der Waals surface area contributed by atoms with E-state index < -0.39 is 10.0 Å². The number of aromatic amines is 1. The van der Waals surface area contributed by atoms with Crippen LogP contribution in [0.25, 0.3) is 0 Å². The molecule has 0 aliphatic rings. The number of H-pyrrole nitrogens is 1. The molecule has 1 aromatic carbocycles. The van der Waals surface area contributed by atoms with Crippen LogP contribution in [0.1, 0.15) is 11.1 Å². The van der Waals surface area contributed by atoms with E-state index in [9.17, 15) is 8.42 Å². The van der Waals surface area contributed by atoms with Crippen LogP contribution in [-0.4, -0.2) is 18.6 Å². The van der Waals surface area contributed by atoms with Gasteiger partial charge in [-0.2, -0.15) is 10.4 Å². The summed E-state index contributed by atoms with van der Waals surface area (Å²) >= 11 is 0. The third kappa shape index (κ3) is 2.33. The SMILES string of the molecule is Cc1ccc(C#N)cc1S(=O)(=O)Nc1ccn[nH]1. The molecule has 0 aliphatic heterocycles. The fourth-order valence-corrected chi connectivity index (χ4v) is 2.76. The smallest absolute Gasteiger partial charge is 0.263 e. The highest BCUT2D eigenvalue weighted by molar-refractivity contribution is 7.92. The van der Waals surface area contributed by atoms with Crippen molar-refractivity contribution in [1.29, 1.82) is 5.26 Å². The molecule has 0 amide bonds. The fourth-order valence-electron chi connectivity index (χ4n) is 1.47. The van der Waals surface area contributed by atoms with Gasteiger partial charge >= 0.3 is 0 Å². The van der Waals surface area contributed by atoms with Crippen LogP contribution in [0.4, 0.5) is 5.82 Å². The average molecular weight is 262 g/mol. The quantitative estimate of drug-likeness (QED) is 0.873. The maximum absolute atomic E-state index is 12.1. The van der Waals surface area contributed by atoms with E-state index in [2.05, 4.69) is 14.9 Å². The Balaban J connectivity index is 2.44. The summed E-state index contributed by atoms with van der Waals surface area (Å²) in [4.78, 5) is 0.0798. The molecule has 0 spiro atoms. The topological polar surface area (TPSA) is 98.6 Å². The summed E-state index contributed by atoms with van der Waals surface area (Å²) in [5.41, 5.74) is 0.867. The number of hydrogen-bond acceptors (Lipinski definition) is 4. The minimum Gasteiger partial charge on any atom is -0.264 e. The van der Waals surface area contributed by atoms with E-state index in [4.69, 9.17) is 5.26 Å². The maximum Gasteiger partial charge on any atom is 0.263 e. The minimum absolute atomic E-state index is 0.0798. The highest BCUT2D eigenvalue weighted by Gasteiger charge is 2.18. The highest BCUT2D eigenvalue weighted by atomic mass is 32.2. The zero-order valence-corrected chi connectivity index (χ0v) is 10.3. The zero-order valence-electron chi connectivity index (χ0n) is 9.51. The summed E-state index contributed by atoms with van der Waals surface area (Å²) in [6.45, 7) is 1.67. The summed E-state index contributed by atoms with van der Waals surface area (Å²) in [6.07, 6.45) is 1.44. The van der Waals surface area contributed by atoms with E-state index >= 15 is 0 Å². The number of nitriles is 1. The van der Waals surface area contributed by atoms with Crippen molar-refractivity contribution < 1.29 is 8.42 Å². The van der Waals surface area contributed by atoms with Crippen LogP contribution in [0.5, 0.6) is 0 Å². The van der Waals surface area contributed by atoms with Gasteiger partial charge in [0.1, 0.15) is 5.82 Å². The van der Waals surface area contributed by atoms with Gasteiger partial charge < -0.3 is 0 Å². The summed E-state index contributed by atoms with van der Waals surface area (Å²) in [5, 5.41) is 15.0. The third-order valence-electron chi connectivity index (χ3n) is 2.35. The molecule has 92 valence electrons. The molecule has 6 nitrogen and oxygen atoms in total. The van der Waals surface area contributed by atoms with E-state index in [0.717, 1.165) is 0 Å². The van der Waals surface area contributed by atoms with E-state index in [1.54, 1.807) is 19.1 Å². The molecule has 0 unspecified atom stereocenters. The van der Waals surface area contributed by atoms with E-state index in [0.29, 0.717) is 11.1 Å². The first-order chi connectivity index (χ1) is 8.53. The van der Waals surface area contributed by atoms with Crippen molar-refractivity contribution in [3.05, 3.63) is 41.6 Å². The van der Waals surface area contributed by atoms with Crippen molar-refractivity contribution in [3.63, 3.8) is 0 Å². The Morgan fingerprint density at radius 1 is 1.39 bits per heavy atom. The second-order valence-corrected chi connectivity index (χ2v) is 5.32. The fraction of sp³-hybridized carbons (Fsp3) is 0.0909. The molecule has 7 heteroatoms. The Morgan fingerprint density at radius 2 is 2.17 bits per heavy atom. The van der Waals surface area contributed by atoms with Gasteiger partial charge in [0, 0.05) is 6.07 Å². The number of hydrogen-bond donors (Lipinski definition) is 2. The van der Waals surface area contributed by atoms with Gasteiger partial charge in [0.15, 0.2) is 0 Å². The number of anilines is 1. The lowest BCUT2D eigenvalue weighted by Gasteiger charge is -2.08. The molecule has 0 saturated heterocycles. The predicted octanol–water partition coefficient (Wildman–Crippen LogP) is 1.39. The molecule has 2 aromatic rings. The Kier molecular flexibility index (Phi) is 3.04. The molecule has 0 aliphatic carbocycles.